The van der Waals surface area contributed by atoms with Gasteiger partial charge in [-0.05, 0) is 48.8 Å². The minimum atomic E-state index is -0.178. The molecule has 3 heterocycles. The first kappa shape index (κ1) is 18.7. The van der Waals surface area contributed by atoms with E-state index in [4.69, 9.17) is 4.74 Å². The summed E-state index contributed by atoms with van der Waals surface area (Å²) >= 11 is 0. The first-order chi connectivity index (χ1) is 13.0. The molecule has 4 rings (SSSR count). The van der Waals surface area contributed by atoms with E-state index < -0.39 is 0 Å². The Kier molecular flexibility index (Phi) is 5.39. The summed E-state index contributed by atoms with van der Waals surface area (Å²) in [6.07, 6.45) is 4.43. The summed E-state index contributed by atoms with van der Waals surface area (Å²) in [6.45, 7) is 5.06. The van der Waals surface area contributed by atoms with Gasteiger partial charge in [0.05, 0.1) is 25.2 Å². The number of amides is 1. The van der Waals surface area contributed by atoms with Crippen LogP contribution in [0, 0.1) is 5.41 Å². The summed E-state index contributed by atoms with van der Waals surface area (Å²) in [5.74, 6) is 0.391. The molecule has 0 radical (unpaired) electrons. The zero-order valence-corrected chi connectivity index (χ0v) is 15.8. The molecule has 3 aliphatic heterocycles. The highest BCUT2D eigenvalue weighted by atomic mass is 16.5. The van der Waals surface area contributed by atoms with E-state index in [1.54, 1.807) is 12.1 Å². The largest absolute Gasteiger partial charge is 0.508 e. The van der Waals surface area contributed by atoms with Crippen molar-refractivity contribution in [1.29, 1.82) is 0 Å². The molecule has 6 heteroatoms. The lowest BCUT2D eigenvalue weighted by molar-refractivity contribution is -0.132. The lowest BCUT2D eigenvalue weighted by Gasteiger charge is -2.38. The molecule has 3 saturated heterocycles. The van der Waals surface area contributed by atoms with Gasteiger partial charge in [-0.15, -0.1) is 0 Å². The van der Waals surface area contributed by atoms with Gasteiger partial charge in [0.2, 0.25) is 5.91 Å². The number of aromatic hydroxyl groups is 1. The van der Waals surface area contributed by atoms with Crippen molar-refractivity contribution in [2.45, 2.75) is 44.3 Å². The Morgan fingerprint density at radius 2 is 1.93 bits per heavy atom. The molecule has 3 fully saturated rings. The minimum Gasteiger partial charge on any atom is -0.508 e. The average molecular weight is 374 g/mol. The van der Waals surface area contributed by atoms with Gasteiger partial charge in [0.1, 0.15) is 5.75 Å². The zero-order valence-electron chi connectivity index (χ0n) is 15.8. The van der Waals surface area contributed by atoms with E-state index in [2.05, 4.69) is 4.90 Å². The van der Waals surface area contributed by atoms with Crippen LogP contribution in [0.15, 0.2) is 24.3 Å². The number of aliphatic hydroxyl groups is 1. The maximum Gasteiger partial charge on any atom is 0.226 e. The van der Waals surface area contributed by atoms with E-state index in [-0.39, 0.29) is 29.3 Å². The molecule has 0 aromatic heterocycles. The molecule has 2 N–H and O–H groups in total. The van der Waals surface area contributed by atoms with Gasteiger partial charge >= 0.3 is 0 Å². The first-order valence-electron chi connectivity index (χ1n) is 10.1. The highest BCUT2D eigenvalue weighted by Gasteiger charge is 2.43. The molecule has 2 atom stereocenters. The van der Waals surface area contributed by atoms with E-state index in [0.717, 1.165) is 70.6 Å². The number of ether oxygens (including phenoxy) is 1. The molecule has 6 nitrogen and oxygen atoms in total. The number of hydrogen-bond donors (Lipinski definition) is 2. The quantitative estimate of drug-likeness (QED) is 0.833. The summed E-state index contributed by atoms with van der Waals surface area (Å²) in [5, 5.41) is 19.0. The van der Waals surface area contributed by atoms with Crippen LogP contribution in [0.25, 0.3) is 0 Å². The van der Waals surface area contributed by atoms with Gasteiger partial charge in [-0.25, -0.2) is 0 Å². The second-order valence-corrected chi connectivity index (χ2v) is 8.56. The number of aliphatic hydroxyl groups excluding tert-OH is 1. The van der Waals surface area contributed by atoms with Crippen molar-refractivity contribution < 1.29 is 19.7 Å². The summed E-state index contributed by atoms with van der Waals surface area (Å²) in [4.78, 5) is 16.9. The van der Waals surface area contributed by atoms with Crippen molar-refractivity contribution >= 4 is 5.91 Å². The van der Waals surface area contributed by atoms with Gasteiger partial charge in [0.25, 0.3) is 0 Å². The molecule has 0 saturated carbocycles. The van der Waals surface area contributed by atoms with E-state index in [0.29, 0.717) is 6.42 Å². The number of carbonyl (C=O) groups excluding carboxylic acids is 1. The number of phenols is 1. The SMILES string of the molecule is O=C(Cc1ccc(O)cc1)N1CCC2(CC1)CO[C@H](CN1CC[C@H](O)C1)C2. The maximum absolute atomic E-state index is 12.6. The standard InChI is InChI=1S/C21H30N2O4/c24-17-3-1-16(2-4-17)11-20(26)23-9-6-21(7-10-23)12-19(27-15-21)14-22-8-5-18(25)13-22/h1-4,18-19,24-25H,5-15H2/t18-,19-/m0/s1. The number of likely N-dealkylation sites (tertiary alicyclic amines) is 2. The highest BCUT2D eigenvalue weighted by Crippen LogP contribution is 2.42. The van der Waals surface area contributed by atoms with Gasteiger partial charge in [0, 0.05) is 32.7 Å². The number of carbonyl (C=O) groups is 1. The summed E-state index contributed by atoms with van der Waals surface area (Å²) in [5.41, 5.74) is 1.16. The van der Waals surface area contributed by atoms with Crippen LogP contribution in [-0.2, 0) is 16.0 Å². The monoisotopic (exact) mass is 374 g/mol. The van der Waals surface area contributed by atoms with E-state index in [9.17, 15) is 15.0 Å². The number of nitrogens with zero attached hydrogens (tertiary/aromatic N) is 2. The Morgan fingerprint density at radius 3 is 2.59 bits per heavy atom. The zero-order chi connectivity index (χ0) is 18.9. The van der Waals surface area contributed by atoms with Gasteiger partial charge in [-0.1, -0.05) is 12.1 Å². The van der Waals surface area contributed by atoms with E-state index in [1.807, 2.05) is 17.0 Å². The van der Waals surface area contributed by atoms with Crippen LogP contribution in [0.2, 0.25) is 0 Å². The van der Waals surface area contributed by atoms with Crippen molar-refractivity contribution in [3.63, 3.8) is 0 Å². The topological polar surface area (TPSA) is 73.2 Å². The van der Waals surface area contributed by atoms with Crippen LogP contribution in [-0.4, -0.2) is 77.5 Å². The Balaban J connectivity index is 1.25. The fraction of sp³-hybridized carbons (Fsp3) is 0.667. The highest BCUT2D eigenvalue weighted by molar-refractivity contribution is 5.78. The van der Waals surface area contributed by atoms with Crippen LogP contribution in [0.4, 0.5) is 0 Å². The number of piperidine rings is 1. The molecule has 3 aliphatic rings. The summed E-state index contributed by atoms with van der Waals surface area (Å²) in [6, 6.07) is 6.87. The molecule has 27 heavy (non-hydrogen) atoms. The number of β-amino-alcohol motifs (C(OH)–C–C–N with tert-alkyl or cyclic N) is 1. The normalized spacial score (nSPS) is 28.1. The third kappa shape index (κ3) is 4.45. The molecule has 1 aromatic carbocycles. The Hall–Kier alpha value is -1.63. The van der Waals surface area contributed by atoms with Crippen LogP contribution in [0.1, 0.15) is 31.2 Å². The lowest BCUT2D eigenvalue weighted by atomic mass is 9.76. The molecule has 1 spiro atoms. The van der Waals surface area contributed by atoms with Gasteiger partial charge in [-0.3, -0.25) is 9.69 Å². The Bertz CT molecular complexity index is 655. The van der Waals surface area contributed by atoms with Crippen molar-refractivity contribution in [3.05, 3.63) is 29.8 Å². The number of phenolic OH excluding ortho intramolecular Hbond substituents is 1. The van der Waals surface area contributed by atoms with Crippen molar-refractivity contribution in [1.82, 2.24) is 9.80 Å². The first-order valence-corrected chi connectivity index (χ1v) is 10.1. The molecule has 0 unspecified atom stereocenters. The van der Waals surface area contributed by atoms with Gasteiger partial charge < -0.3 is 19.8 Å². The van der Waals surface area contributed by atoms with Crippen LogP contribution < -0.4 is 0 Å². The fourth-order valence-corrected chi connectivity index (χ4v) is 4.76. The van der Waals surface area contributed by atoms with Gasteiger partial charge in [-0.2, -0.15) is 0 Å². The van der Waals surface area contributed by atoms with Crippen molar-refractivity contribution in [2.75, 3.05) is 39.3 Å². The van der Waals surface area contributed by atoms with Crippen LogP contribution in [0.5, 0.6) is 5.75 Å². The molecular formula is C21H30N2O4. The number of hydrogen-bond acceptors (Lipinski definition) is 5. The molecule has 148 valence electrons. The van der Waals surface area contributed by atoms with Crippen molar-refractivity contribution in [3.8, 4) is 5.75 Å². The third-order valence-corrected chi connectivity index (χ3v) is 6.46. The van der Waals surface area contributed by atoms with Crippen LogP contribution >= 0.6 is 0 Å². The molecule has 1 amide bonds. The maximum atomic E-state index is 12.6. The minimum absolute atomic E-state index is 0.164. The third-order valence-electron chi connectivity index (χ3n) is 6.46. The van der Waals surface area contributed by atoms with E-state index >= 15 is 0 Å². The van der Waals surface area contributed by atoms with Crippen LogP contribution in [0.3, 0.4) is 0 Å². The Labute approximate surface area is 160 Å². The predicted molar refractivity (Wildman–Crippen MR) is 101 cm³/mol. The summed E-state index contributed by atoms with van der Waals surface area (Å²) in [7, 11) is 0. The van der Waals surface area contributed by atoms with E-state index in [1.165, 1.54) is 0 Å². The smallest absolute Gasteiger partial charge is 0.226 e. The molecule has 0 bridgehead atoms. The second kappa shape index (κ2) is 7.78. The number of rotatable bonds is 4. The second-order valence-electron chi connectivity index (χ2n) is 8.56. The Morgan fingerprint density at radius 1 is 1.19 bits per heavy atom. The molecule has 0 aliphatic carbocycles. The lowest BCUT2D eigenvalue weighted by Crippen LogP contribution is -2.44. The fourth-order valence-electron chi connectivity index (χ4n) is 4.76. The predicted octanol–water partition coefficient (Wildman–Crippen LogP) is 1.40. The van der Waals surface area contributed by atoms with Gasteiger partial charge in [0.15, 0.2) is 0 Å². The molecular weight excluding hydrogens is 344 g/mol. The average Bonchev–Trinajstić information content (AvgIpc) is 3.24. The molecule has 1 aromatic rings. The number of benzene rings is 1. The van der Waals surface area contributed by atoms with Crippen molar-refractivity contribution in [2.24, 2.45) is 5.41 Å². The summed E-state index contributed by atoms with van der Waals surface area (Å²) < 4.78 is 6.10.